The third kappa shape index (κ3) is 5.67. The number of aromatic nitrogens is 2. The van der Waals surface area contributed by atoms with Gasteiger partial charge < -0.3 is 20.6 Å². The molecule has 0 unspecified atom stereocenters. The molecular weight excluding hydrogens is 472 g/mol. The Bertz CT molecular complexity index is 1270. The molecule has 3 aromatic rings. The van der Waals surface area contributed by atoms with Crippen LogP contribution in [-0.4, -0.2) is 46.3 Å². The zero-order valence-electron chi connectivity index (χ0n) is 22.4. The Labute approximate surface area is 225 Å². The molecule has 1 aliphatic heterocycles. The Morgan fingerprint density at radius 1 is 1.00 bits per heavy atom. The lowest BCUT2D eigenvalue weighted by molar-refractivity contribution is 0.0786. The molecule has 7 nitrogen and oxygen atoms in total. The lowest BCUT2D eigenvalue weighted by atomic mass is 9.87. The predicted molar refractivity (Wildman–Crippen MR) is 152 cm³/mol. The normalized spacial score (nSPS) is 20.7. The molecule has 38 heavy (non-hydrogen) atoms. The molecule has 0 bridgehead atoms. The standard InChI is InChI=1S/C31H38N6O/c1-31(2,38)24-7-5-6-22(18-24)23-12-15-34-30(19-23)37(29-9-4-3-8-28(29)33)26-13-16-36(17-14-26)27-11-10-25(20-32)35-21-27/h5-7,10-12,15,18-19,21,26,28-29,38H,3-4,8-9,13-14,16-17,33H2,1-2H3/t28-,29-/m1/s1. The third-order valence-electron chi connectivity index (χ3n) is 8.14. The molecule has 198 valence electrons. The summed E-state index contributed by atoms with van der Waals surface area (Å²) in [5, 5.41) is 19.6. The summed E-state index contributed by atoms with van der Waals surface area (Å²) in [4.78, 5) is 14.0. The number of nitrogens with two attached hydrogens (primary N) is 1. The summed E-state index contributed by atoms with van der Waals surface area (Å²) in [5.41, 5.74) is 10.4. The van der Waals surface area contributed by atoms with Crippen molar-refractivity contribution in [2.45, 2.75) is 76.1 Å². The van der Waals surface area contributed by atoms with Crippen molar-refractivity contribution < 1.29 is 5.11 Å². The maximum absolute atomic E-state index is 10.5. The highest BCUT2D eigenvalue weighted by Gasteiger charge is 2.35. The van der Waals surface area contributed by atoms with Gasteiger partial charge in [-0.2, -0.15) is 5.26 Å². The van der Waals surface area contributed by atoms with E-state index in [0.717, 1.165) is 67.0 Å². The molecular formula is C31H38N6O. The number of anilines is 2. The van der Waals surface area contributed by atoms with Gasteiger partial charge in [-0.05, 0) is 86.6 Å². The number of hydrogen-bond donors (Lipinski definition) is 2. The molecule has 1 aliphatic carbocycles. The molecule has 2 aromatic heterocycles. The van der Waals surface area contributed by atoms with E-state index in [9.17, 15) is 5.11 Å². The van der Waals surface area contributed by atoms with Crippen molar-refractivity contribution in [2.24, 2.45) is 5.73 Å². The van der Waals surface area contributed by atoms with Crippen LogP contribution in [0.4, 0.5) is 11.5 Å². The summed E-state index contributed by atoms with van der Waals surface area (Å²) < 4.78 is 0. The minimum atomic E-state index is -0.898. The van der Waals surface area contributed by atoms with Crippen LogP contribution in [0.25, 0.3) is 11.1 Å². The number of nitriles is 1. The number of hydrogen-bond acceptors (Lipinski definition) is 7. The maximum Gasteiger partial charge on any atom is 0.140 e. The Kier molecular flexibility index (Phi) is 7.64. The van der Waals surface area contributed by atoms with Crippen molar-refractivity contribution in [1.82, 2.24) is 9.97 Å². The quantitative estimate of drug-likeness (QED) is 0.482. The van der Waals surface area contributed by atoms with Crippen molar-refractivity contribution in [3.8, 4) is 17.2 Å². The summed E-state index contributed by atoms with van der Waals surface area (Å²) in [6, 6.07) is 19.0. The summed E-state index contributed by atoms with van der Waals surface area (Å²) in [6.45, 7) is 5.47. The maximum atomic E-state index is 10.5. The first-order valence-electron chi connectivity index (χ1n) is 13.8. The van der Waals surface area contributed by atoms with E-state index in [1.54, 1.807) is 12.3 Å². The molecule has 3 heterocycles. The number of rotatable bonds is 6. The monoisotopic (exact) mass is 510 g/mol. The van der Waals surface area contributed by atoms with Gasteiger partial charge in [0, 0.05) is 37.4 Å². The SMILES string of the molecule is CC(C)(O)c1cccc(-c2ccnc(N(C3CCN(c4ccc(C#N)nc4)CC3)[C@@H]3CCCC[C@H]3N)c2)c1. The Morgan fingerprint density at radius 2 is 1.76 bits per heavy atom. The topological polar surface area (TPSA) is 102 Å². The summed E-state index contributed by atoms with van der Waals surface area (Å²) >= 11 is 0. The van der Waals surface area contributed by atoms with Gasteiger partial charge in [-0.1, -0.05) is 31.0 Å². The van der Waals surface area contributed by atoms with E-state index in [0.29, 0.717) is 11.7 Å². The van der Waals surface area contributed by atoms with E-state index in [4.69, 9.17) is 16.0 Å². The third-order valence-corrected chi connectivity index (χ3v) is 8.14. The smallest absolute Gasteiger partial charge is 0.140 e. The first-order valence-corrected chi connectivity index (χ1v) is 13.8. The largest absolute Gasteiger partial charge is 0.386 e. The molecule has 2 fully saturated rings. The van der Waals surface area contributed by atoms with Crippen LogP contribution in [0.3, 0.4) is 0 Å². The second-order valence-electron chi connectivity index (χ2n) is 11.2. The molecule has 0 radical (unpaired) electrons. The number of piperidine rings is 1. The van der Waals surface area contributed by atoms with Gasteiger partial charge in [0.25, 0.3) is 0 Å². The Balaban J connectivity index is 1.42. The average molecular weight is 511 g/mol. The molecule has 0 amide bonds. The number of pyridine rings is 2. The van der Waals surface area contributed by atoms with E-state index < -0.39 is 5.60 Å². The molecule has 1 aromatic carbocycles. The van der Waals surface area contributed by atoms with Crippen LogP contribution in [0.15, 0.2) is 60.9 Å². The van der Waals surface area contributed by atoms with Crippen LogP contribution < -0.4 is 15.5 Å². The lowest BCUT2D eigenvalue weighted by Gasteiger charge is -2.46. The Hall–Kier alpha value is -3.47. The number of benzene rings is 1. The number of nitrogens with zero attached hydrogens (tertiary/aromatic N) is 5. The molecule has 2 aliphatic rings. The first kappa shape index (κ1) is 26.1. The highest BCUT2D eigenvalue weighted by Crippen LogP contribution is 2.34. The fourth-order valence-corrected chi connectivity index (χ4v) is 5.97. The molecule has 7 heteroatoms. The van der Waals surface area contributed by atoms with E-state index in [-0.39, 0.29) is 12.1 Å². The molecule has 1 saturated carbocycles. The molecule has 5 rings (SSSR count). The molecule has 2 atom stereocenters. The van der Waals surface area contributed by atoms with Gasteiger partial charge in [0.2, 0.25) is 0 Å². The van der Waals surface area contributed by atoms with E-state index in [1.165, 1.54) is 12.8 Å². The van der Waals surface area contributed by atoms with Crippen LogP contribution in [0.2, 0.25) is 0 Å². The van der Waals surface area contributed by atoms with Gasteiger partial charge in [-0.25, -0.2) is 9.97 Å². The van der Waals surface area contributed by atoms with Gasteiger partial charge >= 0.3 is 0 Å². The zero-order valence-corrected chi connectivity index (χ0v) is 22.4. The minimum absolute atomic E-state index is 0.133. The molecule has 0 spiro atoms. The first-order chi connectivity index (χ1) is 18.3. The van der Waals surface area contributed by atoms with Gasteiger partial charge in [0.1, 0.15) is 17.6 Å². The van der Waals surface area contributed by atoms with Crippen molar-refractivity contribution in [1.29, 1.82) is 5.26 Å². The van der Waals surface area contributed by atoms with E-state index in [2.05, 4.69) is 39.1 Å². The summed E-state index contributed by atoms with van der Waals surface area (Å²) in [7, 11) is 0. The predicted octanol–water partition coefficient (Wildman–Crippen LogP) is 4.99. The van der Waals surface area contributed by atoms with Crippen molar-refractivity contribution in [2.75, 3.05) is 22.9 Å². The summed E-state index contributed by atoms with van der Waals surface area (Å²) in [6.07, 6.45) is 10.2. The second kappa shape index (κ2) is 11.1. The van der Waals surface area contributed by atoms with Crippen molar-refractivity contribution >= 4 is 11.5 Å². The minimum Gasteiger partial charge on any atom is -0.386 e. The van der Waals surface area contributed by atoms with Gasteiger partial charge in [0.15, 0.2) is 0 Å². The fourth-order valence-electron chi connectivity index (χ4n) is 5.97. The second-order valence-corrected chi connectivity index (χ2v) is 11.2. The van der Waals surface area contributed by atoms with Crippen LogP contribution in [-0.2, 0) is 5.60 Å². The van der Waals surface area contributed by atoms with Crippen molar-refractivity contribution in [3.63, 3.8) is 0 Å². The van der Waals surface area contributed by atoms with Gasteiger partial charge in [-0.15, -0.1) is 0 Å². The van der Waals surface area contributed by atoms with E-state index >= 15 is 0 Å². The van der Waals surface area contributed by atoms with Crippen LogP contribution >= 0.6 is 0 Å². The average Bonchev–Trinajstić information content (AvgIpc) is 2.94. The summed E-state index contributed by atoms with van der Waals surface area (Å²) in [5.74, 6) is 0.983. The van der Waals surface area contributed by atoms with Crippen LogP contribution in [0, 0.1) is 11.3 Å². The lowest BCUT2D eigenvalue weighted by Crippen LogP contribution is -2.56. The van der Waals surface area contributed by atoms with Crippen LogP contribution in [0.1, 0.15) is 63.6 Å². The highest BCUT2D eigenvalue weighted by atomic mass is 16.3. The highest BCUT2D eigenvalue weighted by molar-refractivity contribution is 5.68. The zero-order chi connectivity index (χ0) is 26.7. The number of aliphatic hydroxyl groups is 1. The van der Waals surface area contributed by atoms with Gasteiger partial charge in [-0.3, -0.25) is 0 Å². The van der Waals surface area contributed by atoms with Crippen molar-refractivity contribution in [3.05, 3.63) is 72.2 Å². The van der Waals surface area contributed by atoms with E-state index in [1.807, 2.05) is 44.3 Å². The fraction of sp³-hybridized carbons (Fsp3) is 0.452. The molecule has 3 N–H and O–H groups in total. The Morgan fingerprint density at radius 3 is 2.45 bits per heavy atom. The van der Waals surface area contributed by atoms with Crippen LogP contribution in [0.5, 0.6) is 0 Å². The van der Waals surface area contributed by atoms with Gasteiger partial charge in [0.05, 0.1) is 17.5 Å². The molecule has 1 saturated heterocycles.